The summed E-state index contributed by atoms with van der Waals surface area (Å²) in [7, 11) is 0. The zero-order valence-corrected chi connectivity index (χ0v) is 14.8. The van der Waals surface area contributed by atoms with E-state index in [0.29, 0.717) is 0 Å². The van der Waals surface area contributed by atoms with Crippen LogP contribution in [0.5, 0.6) is 0 Å². The Hall–Kier alpha value is -1.53. The Morgan fingerprint density at radius 1 is 0.783 bits per heavy atom. The van der Waals surface area contributed by atoms with Crippen molar-refractivity contribution in [1.82, 2.24) is 0 Å². The van der Waals surface area contributed by atoms with Gasteiger partial charge in [0.1, 0.15) is 18.5 Å². The van der Waals surface area contributed by atoms with E-state index in [1.807, 2.05) is 54.7 Å². The molecule has 116 valence electrons. The highest BCUT2D eigenvalue weighted by Gasteiger charge is 2.26. The highest BCUT2D eigenvalue weighted by molar-refractivity contribution is 8.05. The van der Waals surface area contributed by atoms with Gasteiger partial charge in [-0.3, -0.25) is 4.57 Å². The number of hydrogen-bond acceptors (Lipinski definition) is 0. The Morgan fingerprint density at radius 3 is 2.04 bits per heavy atom. The molecule has 0 saturated carbocycles. The summed E-state index contributed by atoms with van der Waals surface area (Å²) in [6.45, 7) is -1.28. The Morgan fingerprint density at radius 2 is 1.39 bits per heavy atom. The highest BCUT2D eigenvalue weighted by atomic mass is 35.9. The molecule has 4 heteroatoms. The second kappa shape index (κ2) is 7.84. The van der Waals surface area contributed by atoms with Crippen LogP contribution in [-0.2, 0) is 6.42 Å². The van der Waals surface area contributed by atoms with Crippen molar-refractivity contribution in [3.8, 4) is 0 Å². The average Bonchev–Trinajstić information content (AvgIpc) is 2.58. The predicted octanol–water partition coefficient (Wildman–Crippen LogP) is 5.74. The third kappa shape index (κ3) is 4.06. The van der Waals surface area contributed by atoms with Crippen molar-refractivity contribution in [3.63, 3.8) is 0 Å². The lowest BCUT2D eigenvalue weighted by molar-refractivity contribution is -0.645. The van der Waals surface area contributed by atoms with Crippen molar-refractivity contribution in [2.75, 3.05) is 0 Å². The fourth-order valence-electron chi connectivity index (χ4n) is 2.54. The topological polar surface area (TPSA) is 3.88 Å². The van der Waals surface area contributed by atoms with Crippen LogP contribution in [0.1, 0.15) is 16.8 Å². The molecule has 0 N–H and O–H groups in total. The van der Waals surface area contributed by atoms with Crippen LogP contribution in [0.2, 0.25) is 0 Å². The normalized spacial score (nSPS) is 10.7. The van der Waals surface area contributed by atoms with Gasteiger partial charge in [-0.1, -0.05) is 77.1 Å². The fraction of sp³-hybridized carbons (Fsp3) is 0.0526. The lowest BCUT2D eigenvalue weighted by atomic mass is 10.1. The summed E-state index contributed by atoms with van der Waals surface area (Å²) < 4.78 is 2.12. The van der Waals surface area contributed by atoms with Gasteiger partial charge in [0.15, 0.2) is 5.78 Å². The van der Waals surface area contributed by atoms with Crippen LogP contribution < -0.4 is 4.57 Å². The van der Waals surface area contributed by atoms with Crippen molar-refractivity contribution in [1.29, 1.82) is 0 Å². The van der Waals surface area contributed by atoms with Crippen molar-refractivity contribution < 1.29 is 4.57 Å². The molecule has 3 aromatic rings. The van der Waals surface area contributed by atoms with Gasteiger partial charge in [-0.25, -0.2) is 0 Å². The van der Waals surface area contributed by atoms with Gasteiger partial charge >= 0.3 is 0 Å². The second-order valence-corrected chi connectivity index (χ2v) is 8.58. The van der Waals surface area contributed by atoms with Crippen LogP contribution in [0.15, 0.2) is 85.1 Å². The maximum Gasteiger partial charge on any atom is 0.170 e. The lowest BCUT2D eigenvalue weighted by Gasteiger charge is -2.21. The van der Waals surface area contributed by atoms with E-state index in [1.54, 1.807) is 0 Å². The first-order chi connectivity index (χ1) is 11.3. The molecule has 0 aliphatic rings. The van der Waals surface area contributed by atoms with Gasteiger partial charge in [0.2, 0.25) is 0 Å². The van der Waals surface area contributed by atoms with Gasteiger partial charge in [-0.15, -0.1) is 12.1 Å². The molecule has 0 bridgehead atoms. The molecule has 1 nitrogen and oxygen atoms in total. The van der Waals surface area contributed by atoms with E-state index in [2.05, 4.69) is 34.9 Å². The summed E-state index contributed by atoms with van der Waals surface area (Å²) in [5.41, 5.74) is 3.47. The Balaban J connectivity index is 2.01. The maximum atomic E-state index is 6.36. The number of hydrogen-bond donors (Lipinski definition) is 0. The first-order valence-corrected chi connectivity index (χ1v) is 10.5. The minimum atomic E-state index is -1.28. The number of aromatic nitrogens is 1. The molecule has 0 unspecified atom stereocenters. The van der Waals surface area contributed by atoms with E-state index in [0.717, 1.165) is 23.5 Å². The molecule has 0 amide bonds. The highest BCUT2D eigenvalue weighted by Crippen LogP contribution is 2.57. The Labute approximate surface area is 147 Å². The summed E-state index contributed by atoms with van der Waals surface area (Å²) in [5.74, 6) is 0.940. The molecule has 0 saturated heterocycles. The van der Waals surface area contributed by atoms with Gasteiger partial charge in [0.25, 0.3) is 0 Å². The molecule has 0 radical (unpaired) electrons. The van der Waals surface area contributed by atoms with E-state index in [-0.39, 0.29) is 0 Å². The summed E-state index contributed by atoms with van der Waals surface area (Å²) in [6.07, 6.45) is 2.86. The SMILES string of the molecule is ClP(Cl)[C-](c1ccccc1)[n+]1ccccc1Cc1ccccc1. The van der Waals surface area contributed by atoms with E-state index < -0.39 is 6.63 Å². The van der Waals surface area contributed by atoms with Gasteiger partial charge in [-0.2, -0.15) is 0 Å². The molecule has 0 aliphatic heterocycles. The number of benzene rings is 2. The third-order valence-electron chi connectivity index (χ3n) is 3.59. The molecule has 23 heavy (non-hydrogen) atoms. The van der Waals surface area contributed by atoms with E-state index in [1.165, 1.54) is 5.56 Å². The smallest absolute Gasteiger partial charge is 0.170 e. The third-order valence-corrected chi connectivity index (χ3v) is 5.35. The first-order valence-electron chi connectivity index (χ1n) is 7.33. The van der Waals surface area contributed by atoms with E-state index in [4.69, 9.17) is 22.5 Å². The minimum Gasteiger partial charge on any atom is -0.259 e. The molecule has 1 heterocycles. The Kier molecular flexibility index (Phi) is 5.56. The van der Waals surface area contributed by atoms with Gasteiger partial charge < -0.3 is 0 Å². The van der Waals surface area contributed by atoms with Crippen molar-refractivity contribution >= 4 is 29.1 Å². The standard InChI is InChI=1S/C19H16Cl2NP/c20-23(21)19(17-11-5-2-6-12-17)22-14-8-7-13-18(22)15-16-9-3-1-4-10-16/h1-14H,15H2. The molecule has 3 rings (SSSR count). The number of nitrogens with zero attached hydrogens (tertiary/aromatic N) is 1. The maximum absolute atomic E-state index is 6.36. The zero-order chi connectivity index (χ0) is 16.1. The van der Waals surface area contributed by atoms with Crippen LogP contribution in [0, 0.1) is 5.78 Å². The largest absolute Gasteiger partial charge is 0.259 e. The molecule has 0 fully saturated rings. The minimum absolute atomic E-state index is 0.828. The average molecular weight is 360 g/mol. The molecular formula is C19H16Cl2NP. The molecule has 0 spiro atoms. The molecule has 2 aromatic carbocycles. The van der Waals surface area contributed by atoms with Crippen LogP contribution in [0.25, 0.3) is 0 Å². The Bertz CT molecular complexity index is 748. The van der Waals surface area contributed by atoms with Gasteiger partial charge in [0, 0.05) is 6.42 Å². The quantitative estimate of drug-likeness (QED) is 0.310. The number of pyridine rings is 1. The summed E-state index contributed by atoms with van der Waals surface area (Å²) >= 11 is 12.7. The van der Waals surface area contributed by atoms with E-state index in [9.17, 15) is 0 Å². The van der Waals surface area contributed by atoms with Gasteiger partial charge in [0.05, 0.1) is 0 Å². The van der Waals surface area contributed by atoms with E-state index >= 15 is 0 Å². The van der Waals surface area contributed by atoms with Crippen LogP contribution in [0.4, 0.5) is 0 Å². The van der Waals surface area contributed by atoms with Crippen molar-refractivity contribution in [2.24, 2.45) is 0 Å². The lowest BCUT2D eigenvalue weighted by Crippen LogP contribution is -2.42. The fourth-order valence-corrected chi connectivity index (χ4v) is 4.32. The van der Waals surface area contributed by atoms with Crippen molar-refractivity contribution in [3.05, 3.63) is 108 Å². The number of halogens is 2. The zero-order valence-electron chi connectivity index (χ0n) is 12.4. The second-order valence-electron chi connectivity index (χ2n) is 5.15. The first kappa shape index (κ1) is 16.3. The molecule has 0 aliphatic carbocycles. The van der Waals surface area contributed by atoms with Gasteiger partial charge in [-0.05, 0) is 23.3 Å². The number of rotatable bonds is 5. The molecular weight excluding hydrogens is 344 g/mol. The summed E-state index contributed by atoms with van der Waals surface area (Å²) in [5, 5.41) is 0. The predicted molar refractivity (Wildman–Crippen MR) is 98.7 cm³/mol. The molecule has 1 aromatic heterocycles. The van der Waals surface area contributed by atoms with Crippen LogP contribution in [0.3, 0.4) is 0 Å². The summed E-state index contributed by atoms with van der Waals surface area (Å²) in [4.78, 5) is 0. The van der Waals surface area contributed by atoms with Crippen molar-refractivity contribution in [2.45, 2.75) is 6.42 Å². The van der Waals surface area contributed by atoms with Crippen LogP contribution >= 0.6 is 29.1 Å². The van der Waals surface area contributed by atoms with Crippen LogP contribution in [-0.4, -0.2) is 0 Å². The monoisotopic (exact) mass is 359 g/mol. The summed E-state index contributed by atoms with van der Waals surface area (Å²) in [6, 6.07) is 26.6. The molecule has 0 atom stereocenters.